The number of hydrogen-bond donors (Lipinski definition) is 1. The summed E-state index contributed by atoms with van der Waals surface area (Å²) in [4.78, 5) is 26.3. The number of fused-ring (bicyclic) bond motifs is 1. The van der Waals surface area contributed by atoms with Gasteiger partial charge in [-0.25, -0.2) is 0 Å². The molecular formula is C17H26N4O4. The van der Waals surface area contributed by atoms with Gasteiger partial charge in [-0.15, -0.1) is 0 Å². The Kier molecular flexibility index (Phi) is 6.04. The molecule has 2 amide bonds. The number of methoxy groups -OCH3 is 1. The molecule has 1 fully saturated rings. The number of nitrogens with zero attached hydrogens (tertiary/aromatic N) is 3. The third-order valence-electron chi connectivity index (χ3n) is 4.85. The fourth-order valence-electron chi connectivity index (χ4n) is 3.44. The molecule has 2 aliphatic heterocycles. The van der Waals surface area contributed by atoms with E-state index in [1.54, 1.807) is 11.1 Å². The minimum Gasteiger partial charge on any atom is -0.381 e. The molecule has 0 saturated carbocycles. The molecule has 2 aliphatic rings. The summed E-state index contributed by atoms with van der Waals surface area (Å²) < 4.78 is 12.2. The zero-order valence-corrected chi connectivity index (χ0v) is 14.6. The lowest BCUT2D eigenvalue weighted by atomic mass is 10.0. The molecule has 0 aliphatic carbocycles. The minimum atomic E-state index is -0.144. The highest BCUT2D eigenvalue weighted by Crippen LogP contribution is 2.23. The van der Waals surface area contributed by atoms with E-state index in [2.05, 4.69) is 10.4 Å². The van der Waals surface area contributed by atoms with Gasteiger partial charge >= 0.3 is 0 Å². The Hall–Kier alpha value is -1.93. The van der Waals surface area contributed by atoms with Crippen LogP contribution in [0.2, 0.25) is 0 Å². The normalized spacial score (nSPS) is 21.0. The van der Waals surface area contributed by atoms with Crippen molar-refractivity contribution in [3.8, 4) is 0 Å². The van der Waals surface area contributed by atoms with E-state index in [0.29, 0.717) is 32.0 Å². The first-order valence-electron chi connectivity index (χ1n) is 8.81. The Morgan fingerprint density at radius 3 is 2.96 bits per heavy atom. The predicted molar refractivity (Wildman–Crippen MR) is 89.7 cm³/mol. The SMILES string of the molecule is COCC(=O)N1Cc2ccnn2[C@@H](CC(=O)NCC2CCOCC2)C1. The molecule has 3 rings (SSSR count). The monoisotopic (exact) mass is 350 g/mol. The summed E-state index contributed by atoms with van der Waals surface area (Å²) in [7, 11) is 1.51. The van der Waals surface area contributed by atoms with Crippen LogP contribution in [0.4, 0.5) is 0 Å². The number of nitrogens with one attached hydrogen (secondary N) is 1. The summed E-state index contributed by atoms with van der Waals surface area (Å²) in [5.74, 6) is 0.422. The van der Waals surface area contributed by atoms with E-state index in [1.165, 1.54) is 7.11 Å². The van der Waals surface area contributed by atoms with Crippen molar-refractivity contribution in [1.29, 1.82) is 0 Å². The third-order valence-corrected chi connectivity index (χ3v) is 4.85. The third kappa shape index (κ3) is 4.58. The predicted octanol–water partition coefficient (Wildman–Crippen LogP) is 0.346. The van der Waals surface area contributed by atoms with E-state index in [4.69, 9.17) is 9.47 Å². The molecule has 0 spiro atoms. The fourth-order valence-corrected chi connectivity index (χ4v) is 3.44. The van der Waals surface area contributed by atoms with Crippen molar-refractivity contribution in [2.45, 2.75) is 31.8 Å². The van der Waals surface area contributed by atoms with Crippen LogP contribution < -0.4 is 5.32 Å². The molecule has 1 atom stereocenters. The largest absolute Gasteiger partial charge is 0.381 e. The second kappa shape index (κ2) is 8.44. The van der Waals surface area contributed by atoms with Crippen LogP contribution in [0.1, 0.15) is 31.0 Å². The van der Waals surface area contributed by atoms with Crippen molar-refractivity contribution >= 4 is 11.8 Å². The highest BCUT2D eigenvalue weighted by atomic mass is 16.5. The first kappa shape index (κ1) is 17.9. The van der Waals surface area contributed by atoms with Gasteiger partial charge in [-0.3, -0.25) is 14.3 Å². The zero-order valence-electron chi connectivity index (χ0n) is 14.6. The molecule has 1 aromatic rings. The number of aromatic nitrogens is 2. The Bertz CT molecular complexity index is 597. The van der Waals surface area contributed by atoms with E-state index in [1.807, 2.05) is 10.7 Å². The van der Waals surface area contributed by atoms with E-state index in [9.17, 15) is 9.59 Å². The molecule has 1 N–H and O–H groups in total. The Morgan fingerprint density at radius 2 is 2.20 bits per heavy atom. The van der Waals surface area contributed by atoms with Gasteiger partial charge in [0.2, 0.25) is 11.8 Å². The van der Waals surface area contributed by atoms with Gasteiger partial charge in [0.25, 0.3) is 0 Å². The first-order valence-corrected chi connectivity index (χ1v) is 8.81. The molecule has 0 bridgehead atoms. The molecule has 8 nitrogen and oxygen atoms in total. The van der Waals surface area contributed by atoms with E-state index < -0.39 is 0 Å². The number of carbonyl (C=O) groups is 2. The average molecular weight is 350 g/mol. The number of hydrogen-bond acceptors (Lipinski definition) is 5. The van der Waals surface area contributed by atoms with Crippen LogP contribution in [-0.2, 0) is 25.6 Å². The van der Waals surface area contributed by atoms with Crippen molar-refractivity contribution in [2.75, 3.05) is 40.0 Å². The number of carbonyl (C=O) groups excluding carboxylic acids is 2. The lowest BCUT2D eigenvalue weighted by molar-refractivity contribution is -0.138. The average Bonchev–Trinajstić information content (AvgIpc) is 3.10. The van der Waals surface area contributed by atoms with Crippen LogP contribution in [0.25, 0.3) is 0 Å². The zero-order chi connectivity index (χ0) is 17.6. The molecule has 8 heteroatoms. The second-order valence-corrected chi connectivity index (χ2v) is 6.69. The van der Waals surface area contributed by atoms with Crippen molar-refractivity contribution in [3.05, 3.63) is 18.0 Å². The van der Waals surface area contributed by atoms with Crippen LogP contribution >= 0.6 is 0 Å². The highest BCUT2D eigenvalue weighted by molar-refractivity contribution is 5.78. The lowest BCUT2D eigenvalue weighted by Crippen LogP contribution is -2.44. The van der Waals surface area contributed by atoms with Gasteiger partial charge < -0.3 is 19.7 Å². The molecular weight excluding hydrogens is 324 g/mol. The van der Waals surface area contributed by atoms with Gasteiger partial charge in [0.05, 0.1) is 24.7 Å². The summed E-state index contributed by atoms with van der Waals surface area (Å²) in [6.45, 7) is 3.26. The summed E-state index contributed by atoms with van der Waals surface area (Å²) >= 11 is 0. The molecule has 0 aromatic carbocycles. The summed E-state index contributed by atoms with van der Waals surface area (Å²) in [5.41, 5.74) is 0.943. The van der Waals surface area contributed by atoms with Gasteiger partial charge in [0.15, 0.2) is 0 Å². The second-order valence-electron chi connectivity index (χ2n) is 6.69. The van der Waals surface area contributed by atoms with Crippen LogP contribution in [-0.4, -0.2) is 66.5 Å². The summed E-state index contributed by atoms with van der Waals surface area (Å²) in [6, 6.07) is 1.74. The van der Waals surface area contributed by atoms with Crippen molar-refractivity contribution in [3.63, 3.8) is 0 Å². The van der Waals surface area contributed by atoms with E-state index in [0.717, 1.165) is 31.7 Å². The van der Waals surface area contributed by atoms with Crippen LogP contribution in [0.15, 0.2) is 12.3 Å². The number of rotatable bonds is 6. The minimum absolute atomic E-state index is 0.000942. The first-order chi connectivity index (χ1) is 12.2. The molecule has 25 heavy (non-hydrogen) atoms. The maximum atomic E-state index is 12.4. The maximum absolute atomic E-state index is 12.4. The van der Waals surface area contributed by atoms with Crippen molar-refractivity contribution in [2.24, 2.45) is 5.92 Å². The quantitative estimate of drug-likeness (QED) is 0.800. The molecule has 1 aromatic heterocycles. The smallest absolute Gasteiger partial charge is 0.248 e. The van der Waals surface area contributed by atoms with Gasteiger partial charge in [-0.05, 0) is 24.8 Å². The van der Waals surface area contributed by atoms with Crippen LogP contribution in [0.3, 0.4) is 0 Å². The molecule has 3 heterocycles. The van der Waals surface area contributed by atoms with Crippen molar-refractivity contribution in [1.82, 2.24) is 20.0 Å². The summed E-state index contributed by atoms with van der Waals surface area (Å²) in [5, 5.41) is 7.36. The number of ether oxygens (including phenoxy) is 2. The Morgan fingerprint density at radius 1 is 1.40 bits per heavy atom. The van der Waals surface area contributed by atoms with E-state index in [-0.39, 0.29) is 24.5 Å². The summed E-state index contributed by atoms with van der Waals surface area (Å²) in [6.07, 6.45) is 4.01. The molecule has 0 radical (unpaired) electrons. The van der Waals surface area contributed by atoms with Crippen molar-refractivity contribution < 1.29 is 19.1 Å². The van der Waals surface area contributed by atoms with Gasteiger partial charge in [0.1, 0.15) is 6.61 Å². The van der Waals surface area contributed by atoms with E-state index >= 15 is 0 Å². The van der Waals surface area contributed by atoms with Gasteiger partial charge in [0, 0.05) is 39.6 Å². The maximum Gasteiger partial charge on any atom is 0.248 e. The topological polar surface area (TPSA) is 85.7 Å². The van der Waals surface area contributed by atoms with Gasteiger partial charge in [-0.2, -0.15) is 5.10 Å². The Labute approximate surface area is 147 Å². The molecule has 1 saturated heterocycles. The molecule has 0 unspecified atom stereocenters. The molecule has 138 valence electrons. The fraction of sp³-hybridized carbons (Fsp3) is 0.706. The lowest BCUT2D eigenvalue weighted by Gasteiger charge is -2.33. The number of amides is 2. The van der Waals surface area contributed by atoms with Crippen LogP contribution in [0.5, 0.6) is 0 Å². The van der Waals surface area contributed by atoms with Crippen LogP contribution in [0, 0.1) is 5.92 Å². The standard InChI is InChI=1S/C17H26N4O4/c1-24-12-17(23)20-10-14-2-5-19-21(14)15(11-20)8-16(22)18-9-13-3-6-25-7-4-13/h2,5,13,15H,3-4,6-12H2,1H3,(H,18,22)/t15-/m0/s1. The van der Waals surface area contributed by atoms with Gasteiger partial charge in [-0.1, -0.05) is 0 Å². The highest BCUT2D eigenvalue weighted by Gasteiger charge is 2.30. The Balaban J connectivity index is 1.56.